The number of hydrogen-bond donors (Lipinski definition) is 0. The molecule has 0 unspecified atom stereocenters. The average molecular weight is 341 g/mol. The number of carbonyl (C=O) groups is 1. The summed E-state index contributed by atoms with van der Waals surface area (Å²) < 4.78 is 2.09. The average Bonchev–Trinajstić information content (AvgIpc) is 2.98. The highest BCUT2D eigenvalue weighted by molar-refractivity contribution is 5.76. The fourth-order valence-corrected chi connectivity index (χ4v) is 3.36. The van der Waals surface area contributed by atoms with Crippen LogP contribution >= 0.6 is 0 Å². The van der Waals surface area contributed by atoms with Gasteiger partial charge in [0.15, 0.2) is 0 Å². The van der Waals surface area contributed by atoms with Gasteiger partial charge in [-0.2, -0.15) is 0 Å². The van der Waals surface area contributed by atoms with E-state index in [1.807, 2.05) is 29.6 Å². The first kappa shape index (κ1) is 17.6. The lowest BCUT2D eigenvalue weighted by atomic mass is 10.2. The van der Waals surface area contributed by atoms with Crippen LogP contribution in [0, 0.1) is 0 Å². The largest absolute Gasteiger partial charge is 0.341 e. The number of hydrogen-bond acceptors (Lipinski definition) is 4. The maximum atomic E-state index is 12.6. The molecule has 0 saturated carbocycles. The van der Waals surface area contributed by atoms with Gasteiger partial charge in [0.1, 0.15) is 5.82 Å². The summed E-state index contributed by atoms with van der Waals surface area (Å²) in [6.45, 7) is 7.33. The van der Waals surface area contributed by atoms with Gasteiger partial charge in [0.25, 0.3) is 0 Å². The van der Waals surface area contributed by atoms with Crippen LogP contribution in [0.25, 0.3) is 0 Å². The second-order valence-electron chi connectivity index (χ2n) is 6.51. The highest BCUT2D eigenvalue weighted by atomic mass is 16.2. The predicted octanol–water partition coefficient (Wildman–Crippen LogP) is 1.97. The zero-order chi connectivity index (χ0) is 17.5. The minimum atomic E-state index is 0.249. The van der Waals surface area contributed by atoms with Crippen molar-refractivity contribution in [2.75, 3.05) is 26.2 Å². The molecule has 0 spiro atoms. The number of rotatable bonds is 6. The lowest BCUT2D eigenvalue weighted by Gasteiger charge is -2.22. The van der Waals surface area contributed by atoms with Crippen molar-refractivity contribution < 1.29 is 4.79 Å². The van der Waals surface area contributed by atoms with Gasteiger partial charge in [-0.05, 0) is 18.1 Å². The molecule has 0 aromatic carbocycles. The van der Waals surface area contributed by atoms with E-state index in [1.54, 1.807) is 6.20 Å². The molecule has 0 N–H and O–H groups in total. The van der Waals surface area contributed by atoms with E-state index in [-0.39, 0.29) is 5.91 Å². The van der Waals surface area contributed by atoms with Crippen molar-refractivity contribution >= 4 is 5.91 Å². The van der Waals surface area contributed by atoms with Crippen LogP contribution < -0.4 is 0 Å². The van der Waals surface area contributed by atoms with Crippen LogP contribution in [-0.4, -0.2) is 56.4 Å². The molecule has 0 bridgehead atoms. The fourth-order valence-electron chi connectivity index (χ4n) is 3.36. The maximum absolute atomic E-state index is 12.6. The minimum absolute atomic E-state index is 0.249. The quantitative estimate of drug-likeness (QED) is 0.806. The zero-order valence-electron chi connectivity index (χ0n) is 15.0. The van der Waals surface area contributed by atoms with E-state index in [0.717, 1.165) is 57.9 Å². The normalized spacial score (nSPS) is 16.0. The molecule has 2 aromatic heterocycles. The Morgan fingerprint density at radius 1 is 1.20 bits per heavy atom. The molecule has 1 saturated heterocycles. The third kappa shape index (κ3) is 4.89. The number of imidazole rings is 1. The van der Waals surface area contributed by atoms with E-state index in [9.17, 15) is 4.79 Å². The molecule has 2 aromatic rings. The molecule has 1 amide bonds. The van der Waals surface area contributed by atoms with Crippen LogP contribution in [0.3, 0.4) is 0 Å². The zero-order valence-corrected chi connectivity index (χ0v) is 15.0. The minimum Gasteiger partial charge on any atom is -0.341 e. The van der Waals surface area contributed by atoms with Crippen LogP contribution in [0.2, 0.25) is 0 Å². The summed E-state index contributed by atoms with van der Waals surface area (Å²) in [5.74, 6) is 1.30. The molecule has 1 aliphatic heterocycles. The smallest absolute Gasteiger partial charge is 0.224 e. The van der Waals surface area contributed by atoms with Crippen LogP contribution in [-0.2, 0) is 24.3 Å². The summed E-state index contributed by atoms with van der Waals surface area (Å²) in [5.41, 5.74) is 1.23. The number of aromatic nitrogens is 3. The van der Waals surface area contributed by atoms with Gasteiger partial charge in [0.2, 0.25) is 5.91 Å². The van der Waals surface area contributed by atoms with E-state index >= 15 is 0 Å². The summed E-state index contributed by atoms with van der Waals surface area (Å²) in [7, 11) is 0. The van der Waals surface area contributed by atoms with Crippen molar-refractivity contribution in [3.8, 4) is 0 Å². The Labute approximate surface area is 149 Å². The topological polar surface area (TPSA) is 54.3 Å². The van der Waals surface area contributed by atoms with E-state index in [0.29, 0.717) is 6.42 Å². The number of aryl methyl sites for hydroxylation is 2. The molecular formula is C19H27N5O. The third-order valence-electron chi connectivity index (χ3n) is 4.75. The first-order valence-corrected chi connectivity index (χ1v) is 9.15. The monoisotopic (exact) mass is 341 g/mol. The summed E-state index contributed by atoms with van der Waals surface area (Å²) in [6, 6.07) is 4.08. The van der Waals surface area contributed by atoms with E-state index in [1.165, 1.54) is 5.56 Å². The maximum Gasteiger partial charge on any atom is 0.224 e. The van der Waals surface area contributed by atoms with Crippen molar-refractivity contribution in [3.63, 3.8) is 0 Å². The van der Waals surface area contributed by atoms with Gasteiger partial charge >= 0.3 is 0 Å². The standard InChI is InChI=1S/C19H27N5O/c1-2-18-21-8-12-23(18)11-6-19(25)24-10-4-9-22(13-14-24)16-17-5-3-7-20-15-17/h3,5,7-8,12,15H,2,4,6,9-11,13-14,16H2,1H3. The van der Waals surface area contributed by atoms with Gasteiger partial charge in [0.05, 0.1) is 0 Å². The summed E-state index contributed by atoms with van der Waals surface area (Å²) in [6.07, 6.45) is 9.97. The van der Waals surface area contributed by atoms with Gasteiger partial charge in [-0.1, -0.05) is 13.0 Å². The summed E-state index contributed by atoms with van der Waals surface area (Å²) in [4.78, 5) is 25.5. The Hall–Kier alpha value is -2.21. The van der Waals surface area contributed by atoms with Gasteiger partial charge in [-0.3, -0.25) is 14.7 Å². The lowest BCUT2D eigenvalue weighted by molar-refractivity contribution is -0.131. The Balaban J connectivity index is 1.48. The van der Waals surface area contributed by atoms with Crippen LogP contribution in [0.4, 0.5) is 0 Å². The van der Waals surface area contributed by atoms with Gasteiger partial charge < -0.3 is 9.47 Å². The fraction of sp³-hybridized carbons (Fsp3) is 0.526. The second-order valence-corrected chi connectivity index (χ2v) is 6.51. The van der Waals surface area contributed by atoms with Gasteiger partial charge in [0, 0.05) is 76.9 Å². The first-order valence-electron chi connectivity index (χ1n) is 9.15. The van der Waals surface area contributed by atoms with Crippen molar-refractivity contribution in [2.45, 2.75) is 39.3 Å². The molecule has 3 heterocycles. The highest BCUT2D eigenvalue weighted by Crippen LogP contribution is 2.10. The molecule has 0 radical (unpaired) electrons. The molecule has 25 heavy (non-hydrogen) atoms. The molecule has 0 aliphatic carbocycles. The summed E-state index contributed by atoms with van der Waals surface area (Å²) >= 11 is 0. The molecular weight excluding hydrogens is 314 g/mol. The van der Waals surface area contributed by atoms with E-state index < -0.39 is 0 Å². The predicted molar refractivity (Wildman–Crippen MR) is 96.9 cm³/mol. The number of pyridine rings is 1. The van der Waals surface area contributed by atoms with Crippen molar-refractivity contribution in [3.05, 3.63) is 48.3 Å². The van der Waals surface area contributed by atoms with E-state index in [2.05, 4.69) is 32.4 Å². The molecule has 134 valence electrons. The SMILES string of the molecule is CCc1nccn1CCC(=O)N1CCCN(Cc2cccnc2)CC1. The lowest BCUT2D eigenvalue weighted by Crippen LogP contribution is -2.35. The highest BCUT2D eigenvalue weighted by Gasteiger charge is 2.19. The van der Waals surface area contributed by atoms with Crippen LogP contribution in [0.1, 0.15) is 31.2 Å². The van der Waals surface area contributed by atoms with Gasteiger partial charge in [-0.25, -0.2) is 4.98 Å². The number of amides is 1. The Morgan fingerprint density at radius 3 is 2.92 bits per heavy atom. The molecule has 6 heteroatoms. The van der Waals surface area contributed by atoms with Crippen LogP contribution in [0.5, 0.6) is 0 Å². The Bertz CT molecular complexity index is 669. The molecule has 1 aliphatic rings. The van der Waals surface area contributed by atoms with Crippen LogP contribution in [0.15, 0.2) is 36.9 Å². The first-order chi connectivity index (χ1) is 12.3. The molecule has 1 fully saturated rings. The third-order valence-corrected chi connectivity index (χ3v) is 4.75. The molecule has 3 rings (SSSR count). The molecule has 0 atom stereocenters. The van der Waals surface area contributed by atoms with Gasteiger partial charge in [-0.15, -0.1) is 0 Å². The molecule has 6 nitrogen and oxygen atoms in total. The van der Waals surface area contributed by atoms with Crippen molar-refractivity contribution in [1.82, 2.24) is 24.3 Å². The Kier molecular flexibility index (Phi) is 6.17. The van der Waals surface area contributed by atoms with Crippen molar-refractivity contribution in [1.29, 1.82) is 0 Å². The number of carbonyl (C=O) groups excluding carboxylic acids is 1. The number of nitrogens with zero attached hydrogens (tertiary/aromatic N) is 5. The second kappa shape index (κ2) is 8.76. The van der Waals surface area contributed by atoms with E-state index in [4.69, 9.17) is 0 Å². The van der Waals surface area contributed by atoms with Crippen molar-refractivity contribution in [2.24, 2.45) is 0 Å². The summed E-state index contributed by atoms with van der Waals surface area (Å²) in [5, 5.41) is 0. The Morgan fingerprint density at radius 2 is 2.12 bits per heavy atom.